The van der Waals surface area contributed by atoms with Crippen molar-refractivity contribution < 1.29 is 14.6 Å². The highest BCUT2D eigenvalue weighted by Crippen LogP contribution is 2.36. The van der Waals surface area contributed by atoms with Crippen LogP contribution in [0.5, 0.6) is 5.75 Å². The van der Waals surface area contributed by atoms with E-state index in [1.165, 1.54) is 0 Å². The molecule has 1 atom stereocenters. The maximum atomic E-state index is 12.3. The summed E-state index contributed by atoms with van der Waals surface area (Å²) in [5.74, 6) is 0.630. The van der Waals surface area contributed by atoms with E-state index in [2.05, 4.69) is 5.32 Å². The summed E-state index contributed by atoms with van der Waals surface area (Å²) in [6.45, 7) is 2.19. The van der Waals surface area contributed by atoms with Crippen molar-refractivity contribution >= 4 is 5.91 Å². The molecule has 2 N–H and O–H groups in total. The summed E-state index contributed by atoms with van der Waals surface area (Å²) in [6, 6.07) is 13.2. The van der Waals surface area contributed by atoms with E-state index < -0.39 is 5.60 Å². The highest BCUT2D eigenvalue weighted by molar-refractivity contribution is 5.94. The minimum absolute atomic E-state index is 0.163. The van der Waals surface area contributed by atoms with Crippen LogP contribution in [0.25, 0.3) is 0 Å². The molecular weight excluding hydrogens is 302 g/mol. The van der Waals surface area contributed by atoms with Gasteiger partial charge in [-0.25, -0.2) is 0 Å². The number of carbonyl (C=O) groups is 1. The molecule has 0 spiro atoms. The zero-order valence-electron chi connectivity index (χ0n) is 14.1. The second-order valence-corrected chi connectivity index (χ2v) is 6.46. The van der Waals surface area contributed by atoms with Crippen molar-refractivity contribution in [1.29, 1.82) is 0 Å². The van der Waals surface area contributed by atoms with Gasteiger partial charge in [0.15, 0.2) is 0 Å². The van der Waals surface area contributed by atoms with Crippen molar-refractivity contribution in [3.8, 4) is 5.75 Å². The summed E-state index contributed by atoms with van der Waals surface area (Å²) in [5.41, 5.74) is 2.67. The highest BCUT2D eigenvalue weighted by Gasteiger charge is 2.34. The Hall–Kier alpha value is -2.33. The van der Waals surface area contributed by atoms with Crippen LogP contribution in [0, 0.1) is 6.92 Å². The lowest BCUT2D eigenvalue weighted by Crippen LogP contribution is -2.43. The Morgan fingerprint density at radius 1 is 1.25 bits per heavy atom. The minimum atomic E-state index is -1.03. The third-order valence-electron chi connectivity index (χ3n) is 4.71. The summed E-state index contributed by atoms with van der Waals surface area (Å²) in [7, 11) is 1.64. The van der Waals surface area contributed by atoms with Crippen molar-refractivity contribution in [2.24, 2.45) is 0 Å². The number of aryl methyl sites for hydroxylation is 2. The number of benzene rings is 2. The van der Waals surface area contributed by atoms with Gasteiger partial charge in [-0.3, -0.25) is 4.79 Å². The van der Waals surface area contributed by atoms with E-state index in [0.717, 1.165) is 35.3 Å². The van der Waals surface area contributed by atoms with Crippen LogP contribution in [0.4, 0.5) is 0 Å². The van der Waals surface area contributed by atoms with Crippen molar-refractivity contribution in [3.05, 3.63) is 64.7 Å². The van der Waals surface area contributed by atoms with Crippen LogP contribution >= 0.6 is 0 Å². The van der Waals surface area contributed by atoms with Crippen LogP contribution in [0.3, 0.4) is 0 Å². The SMILES string of the molecule is COc1ccc2c(c1)CCCC2(O)CNC(=O)c1ccc(C)cc1. The van der Waals surface area contributed by atoms with Gasteiger partial charge in [0.25, 0.3) is 5.91 Å². The molecule has 0 aliphatic heterocycles. The van der Waals surface area contributed by atoms with E-state index >= 15 is 0 Å². The van der Waals surface area contributed by atoms with Gasteiger partial charge in [0.2, 0.25) is 0 Å². The lowest BCUT2D eigenvalue weighted by molar-refractivity contribution is 0.0189. The Labute approximate surface area is 142 Å². The van der Waals surface area contributed by atoms with Crippen LogP contribution in [0.2, 0.25) is 0 Å². The van der Waals surface area contributed by atoms with Gasteiger partial charge >= 0.3 is 0 Å². The molecule has 0 saturated heterocycles. The smallest absolute Gasteiger partial charge is 0.251 e. The molecule has 4 nitrogen and oxygen atoms in total. The molecule has 0 bridgehead atoms. The van der Waals surface area contributed by atoms with Gasteiger partial charge in [-0.05, 0) is 61.6 Å². The summed E-state index contributed by atoms with van der Waals surface area (Å²) in [5, 5.41) is 13.9. The van der Waals surface area contributed by atoms with Gasteiger partial charge in [0.05, 0.1) is 13.7 Å². The first kappa shape index (κ1) is 16.5. The Balaban J connectivity index is 1.75. The van der Waals surface area contributed by atoms with Gasteiger partial charge in [0.1, 0.15) is 11.4 Å². The summed E-state index contributed by atoms with van der Waals surface area (Å²) in [4.78, 5) is 12.3. The van der Waals surface area contributed by atoms with E-state index in [0.29, 0.717) is 12.0 Å². The van der Waals surface area contributed by atoms with Crippen LogP contribution in [0.1, 0.15) is 39.9 Å². The average Bonchev–Trinajstić information content (AvgIpc) is 2.60. The molecule has 0 radical (unpaired) electrons. The number of amides is 1. The first-order valence-corrected chi connectivity index (χ1v) is 8.26. The first-order chi connectivity index (χ1) is 11.5. The molecule has 1 amide bonds. The van der Waals surface area contributed by atoms with E-state index in [9.17, 15) is 9.90 Å². The fraction of sp³-hybridized carbons (Fsp3) is 0.350. The summed E-state index contributed by atoms with van der Waals surface area (Å²) < 4.78 is 5.26. The normalized spacial score (nSPS) is 19.5. The fourth-order valence-electron chi connectivity index (χ4n) is 3.28. The molecule has 0 saturated carbocycles. The third kappa shape index (κ3) is 3.29. The van der Waals surface area contributed by atoms with Gasteiger partial charge in [-0.1, -0.05) is 23.8 Å². The number of aliphatic hydroxyl groups is 1. The Morgan fingerprint density at radius 3 is 2.71 bits per heavy atom. The fourth-order valence-corrected chi connectivity index (χ4v) is 3.28. The molecule has 2 aromatic rings. The molecule has 24 heavy (non-hydrogen) atoms. The topological polar surface area (TPSA) is 58.6 Å². The van der Waals surface area contributed by atoms with Crippen LogP contribution < -0.4 is 10.1 Å². The van der Waals surface area contributed by atoms with E-state index in [1.54, 1.807) is 19.2 Å². The quantitative estimate of drug-likeness (QED) is 0.908. The van der Waals surface area contributed by atoms with Gasteiger partial charge in [-0.15, -0.1) is 0 Å². The molecule has 3 rings (SSSR count). The van der Waals surface area contributed by atoms with Crippen LogP contribution in [0.15, 0.2) is 42.5 Å². The zero-order chi connectivity index (χ0) is 17.2. The second-order valence-electron chi connectivity index (χ2n) is 6.46. The Morgan fingerprint density at radius 2 is 2.00 bits per heavy atom. The van der Waals surface area contributed by atoms with E-state index in [-0.39, 0.29) is 12.5 Å². The van der Waals surface area contributed by atoms with Crippen LogP contribution in [-0.4, -0.2) is 24.7 Å². The minimum Gasteiger partial charge on any atom is -0.497 e. The van der Waals surface area contributed by atoms with Gasteiger partial charge in [0, 0.05) is 5.56 Å². The number of carbonyl (C=O) groups excluding carboxylic acids is 1. The highest BCUT2D eigenvalue weighted by atomic mass is 16.5. The second kappa shape index (κ2) is 6.65. The number of hydrogen-bond donors (Lipinski definition) is 2. The Kier molecular flexibility index (Phi) is 4.58. The predicted octanol–water partition coefficient (Wildman–Crippen LogP) is 2.96. The number of ether oxygens (including phenoxy) is 1. The Bertz CT molecular complexity index is 739. The molecule has 1 aliphatic carbocycles. The molecule has 4 heteroatoms. The van der Waals surface area contributed by atoms with Crippen LogP contribution in [-0.2, 0) is 12.0 Å². The number of hydrogen-bond acceptors (Lipinski definition) is 3. The van der Waals surface area contributed by atoms with E-state index in [4.69, 9.17) is 4.74 Å². The molecule has 0 heterocycles. The van der Waals surface area contributed by atoms with E-state index in [1.807, 2.05) is 37.3 Å². The molecule has 1 unspecified atom stereocenters. The van der Waals surface area contributed by atoms with Gasteiger partial charge in [-0.2, -0.15) is 0 Å². The van der Waals surface area contributed by atoms with Crippen molar-refractivity contribution in [2.45, 2.75) is 31.8 Å². The summed E-state index contributed by atoms with van der Waals surface area (Å²) >= 11 is 0. The maximum Gasteiger partial charge on any atom is 0.251 e. The largest absolute Gasteiger partial charge is 0.497 e. The number of nitrogens with one attached hydrogen (secondary N) is 1. The summed E-state index contributed by atoms with van der Waals surface area (Å²) in [6.07, 6.45) is 2.44. The van der Waals surface area contributed by atoms with Crippen molar-refractivity contribution in [1.82, 2.24) is 5.32 Å². The number of fused-ring (bicyclic) bond motifs is 1. The molecule has 0 aromatic heterocycles. The molecule has 0 fully saturated rings. The third-order valence-corrected chi connectivity index (χ3v) is 4.71. The maximum absolute atomic E-state index is 12.3. The number of rotatable bonds is 4. The molecule has 2 aromatic carbocycles. The predicted molar refractivity (Wildman–Crippen MR) is 93.3 cm³/mol. The molecule has 1 aliphatic rings. The zero-order valence-corrected chi connectivity index (χ0v) is 14.1. The number of methoxy groups -OCH3 is 1. The monoisotopic (exact) mass is 325 g/mol. The average molecular weight is 325 g/mol. The standard InChI is InChI=1S/C20H23NO3/c1-14-5-7-15(8-6-14)19(22)21-13-20(23)11-3-4-16-12-17(24-2)9-10-18(16)20/h5-10,12,23H,3-4,11,13H2,1-2H3,(H,21,22). The lowest BCUT2D eigenvalue weighted by atomic mass is 9.79. The lowest BCUT2D eigenvalue weighted by Gasteiger charge is -2.35. The van der Waals surface area contributed by atoms with Gasteiger partial charge < -0.3 is 15.2 Å². The van der Waals surface area contributed by atoms with Crippen molar-refractivity contribution in [2.75, 3.05) is 13.7 Å². The molecular formula is C20H23NO3. The molecule has 126 valence electrons. The first-order valence-electron chi connectivity index (χ1n) is 8.26. The van der Waals surface area contributed by atoms with Crippen molar-refractivity contribution in [3.63, 3.8) is 0 Å².